The van der Waals surface area contributed by atoms with E-state index in [0.717, 1.165) is 25.7 Å². The van der Waals surface area contributed by atoms with E-state index in [1.54, 1.807) is 29.2 Å². The van der Waals surface area contributed by atoms with E-state index in [-0.39, 0.29) is 23.6 Å². The first-order chi connectivity index (χ1) is 12.1. The van der Waals surface area contributed by atoms with Crippen LogP contribution in [-0.4, -0.2) is 35.2 Å². The highest BCUT2D eigenvalue weighted by atomic mass is 16.2. The van der Waals surface area contributed by atoms with Gasteiger partial charge in [-0.3, -0.25) is 14.4 Å². The van der Waals surface area contributed by atoms with Crippen LogP contribution < -0.4 is 4.90 Å². The van der Waals surface area contributed by atoms with Crippen molar-refractivity contribution in [2.75, 3.05) is 11.4 Å². The maximum atomic E-state index is 13.2. The van der Waals surface area contributed by atoms with Crippen LogP contribution in [0.3, 0.4) is 0 Å². The molecule has 0 radical (unpaired) electrons. The summed E-state index contributed by atoms with van der Waals surface area (Å²) in [6.07, 6.45) is 4.90. The second-order valence-corrected chi connectivity index (χ2v) is 6.93. The molecule has 2 aliphatic heterocycles. The van der Waals surface area contributed by atoms with Crippen molar-refractivity contribution in [3.8, 4) is 0 Å². The Kier molecular flexibility index (Phi) is 5.21. The minimum atomic E-state index is -0.507. The average Bonchev–Trinajstić information content (AvgIpc) is 3.09. The highest BCUT2D eigenvalue weighted by Crippen LogP contribution is 2.34. The molecule has 134 valence electrons. The third-order valence-corrected chi connectivity index (χ3v) is 5.36. The maximum Gasteiger partial charge on any atom is 0.256 e. The Morgan fingerprint density at radius 2 is 2.00 bits per heavy atom. The molecule has 25 heavy (non-hydrogen) atoms. The van der Waals surface area contributed by atoms with E-state index >= 15 is 0 Å². The average molecular weight is 342 g/mol. The number of carbonyl (C=O) groups is 3. The van der Waals surface area contributed by atoms with Gasteiger partial charge in [0.15, 0.2) is 0 Å². The lowest BCUT2D eigenvalue weighted by Crippen LogP contribution is -2.48. The first kappa shape index (κ1) is 17.6. The molecular weight excluding hydrogens is 316 g/mol. The Labute approximate surface area is 149 Å². The van der Waals surface area contributed by atoms with Crippen molar-refractivity contribution in [2.24, 2.45) is 5.92 Å². The van der Waals surface area contributed by atoms with Gasteiger partial charge in [-0.15, -0.1) is 0 Å². The van der Waals surface area contributed by atoms with Gasteiger partial charge in [-0.25, -0.2) is 4.90 Å². The molecule has 1 aromatic rings. The van der Waals surface area contributed by atoms with Crippen LogP contribution in [0.5, 0.6) is 0 Å². The van der Waals surface area contributed by atoms with Crippen LogP contribution >= 0.6 is 0 Å². The number of unbranched alkanes of at least 4 members (excludes halogenated alkanes) is 1. The molecule has 3 amide bonds. The van der Waals surface area contributed by atoms with Crippen molar-refractivity contribution in [3.05, 3.63) is 29.8 Å². The molecule has 2 atom stereocenters. The second-order valence-electron chi connectivity index (χ2n) is 6.93. The second kappa shape index (κ2) is 7.38. The number of benzene rings is 1. The van der Waals surface area contributed by atoms with Crippen LogP contribution in [0.2, 0.25) is 0 Å². The molecule has 1 aromatic carbocycles. The largest absolute Gasteiger partial charge is 0.327 e. The van der Waals surface area contributed by atoms with Gasteiger partial charge in [0.2, 0.25) is 5.91 Å². The Bertz CT molecular complexity index is 685. The lowest BCUT2D eigenvalue weighted by molar-refractivity contribution is -0.130. The molecule has 3 rings (SSSR count). The summed E-state index contributed by atoms with van der Waals surface area (Å²) in [6, 6.07) is 6.50. The van der Waals surface area contributed by atoms with Gasteiger partial charge in [-0.1, -0.05) is 38.8 Å². The van der Waals surface area contributed by atoms with Crippen LogP contribution in [-0.2, 0) is 9.59 Å². The highest BCUT2D eigenvalue weighted by Gasteiger charge is 2.44. The van der Waals surface area contributed by atoms with Gasteiger partial charge in [0.05, 0.1) is 11.3 Å². The van der Waals surface area contributed by atoms with Gasteiger partial charge in [0.1, 0.15) is 6.04 Å². The molecule has 1 fully saturated rings. The fourth-order valence-corrected chi connectivity index (χ4v) is 3.90. The Morgan fingerprint density at radius 3 is 2.72 bits per heavy atom. The predicted octanol–water partition coefficient (Wildman–Crippen LogP) is 3.38. The zero-order valence-electron chi connectivity index (χ0n) is 15.0. The van der Waals surface area contributed by atoms with E-state index in [2.05, 4.69) is 6.92 Å². The van der Waals surface area contributed by atoms with E-state index in [9.17, 15) is 14.4 Å². The number of rotatable bonds is 5. The Morgan fingerprint density at radius 1 is 1.24 bits per heavy atom. The SMILES string of the molecule is CCCCC(CC)C(=O)N1C(=O)C2CCCN2C(=O)c2ccccc21. The van der Waals surface area contributed by atoms with Crippen LogP contribution in [0.25, 0.3) is 0 Å². The molecule has 2 unspecified atom stereocenters. The normalized spacial score (nSPS) is 21.0. The van der Waals surface area contributed by atoms with Crippen molar-refractivity contribution in [3.63, 3.8) is 0 Å². The molecule has 0 spiro atoms. The maximum absolute atomic E-state index is 13.2. The third-order valence-electron chi connectivity index (χ3n) is 5.36. The van der Waals surface area contributed by atoms with Crippen molar-refractivity contribution in [1.82, 2.24) is 4.90 Å². The minimum absolute atomic E-state index is 0.136. The topological polar surface area (TPSA) is 57.7 Å². The van der Waals surface area contributed by atoms with E-state index in [1.807, 2.05) is 6.92 Å². The molecule has 0 bridgehead atoms. The Balaban J connectivity index is 2.04. The smallest absolute Gasteiger partial charge is 0.256 e. The Hall–Kier alpha value is -2.17. The highest BCUT2D eigenvalue weighted by molar-refractivity contribution is 6.22. The molecule has 0 aromatic heterocycles. The summed E-state index contributed by atoms with van der Waals surface area (Å²) in [5, 5.41) is 0. The monoisotopic (exact) mass is 342 g/mol. The number of fused-ring (bicyclic) bond motifs is 2. The molecular formula is C20H26N2O3. The number of amides is 3. The summed E-state index contributed by atoms with van der Waals surface area (Å²) < 4.78 is 0. The van der Waals surface area contributed by atoms with E-state index in [1.165, 1.54) is 4.90 Å². The van der Waals surface area contributed by atoms with E-state index < -0.39 is 6.04 Å². The van der Waals surface area contributed by atoms with Crippen molar-refractivity contribution < 1.29 is 14.4 Å². The zero-order chi connectivity index (χ0) is 18.0. The number of hydrogen-bond donors (Lipinski definition) is 0. The van der Waals surface area contributed by atoms with Crippen LogP contribution in [0, 0.1) is 5.92 Å². The summed E-state index contributed by atoms with van der Waals surface area (Å²) in [6.45, 7) is 4.66. The first-order valence-corrected chi connectivity index (χ1v) is 9.37. The van der Waals surface area contributed by atoms with Gasteiger partial charge in [0.25, 0.3) is 11.8 Å². The number of carbonyl (C=O) groups excluding carboxylic acids is 3. The summed E-state index contributed by atoms with van der Waals surface area (Å²) in [7, 11) is 0. The number of anilines is 1. The van der Waals surface area contributed by atoms with Gasteiger partial charge in [-0.05, 0) is 37.8 Å². The molecule has 0 saturated carbocycles. The van der Waals surface area contributed by atoms with Crippen molar-refractivity contribution in [1.29, 1.82) is 0 Å². The summed E-state index contributed by atoms with van der Waals surface area (Å²) in [5.74, 6) is -0.714. The molecule has 1 saturated heterocycles. The van der Waals surface area contributed by atoms with Gasteiger partial charge >= 0.3 is 0 Å². The lowest BCUT2D eigenvalue weighted by Gasteiger charge is -2.27. The van der Waals surface area contributed by atoms with Crippen LogP contribution in [0.1, 0.15) is 62.7 Å². The van der Waals surface area contributed by atoms with E-state index in [0.29, 0.717) is 30.6 Å². The molecule has 2 heterocycles. The van der Waals surface area contributed by atoms with Gasteiger partial charge < -0.3 is 4.90 Å². The fraction of sp³-hybridized carbons (Fsp3) is 0.550. The number of para-hydroxylation sites is 1. The molecule has 5 heteroatoms. The summed E-state index contributed by atoms with van der Waals surface area (Å²) in [5.41, 5.74) is 0.908. The fourth-order valence-electron chi connectivity index (χ4n) is 3.90. The van der Waals surface area contributed by atoms with Gasteiger partial charge in [-0.2, -0.15) is 0 Å². The van der Waals surface area contributed by atoms with E-state index in [4.69, 9.17) is 0 Å². The number of imide groups is 1. The predicted molar refractivity (Wildman–Crippen MR) is 96.3 cm³/mol. The molecule has 0 aliphatic carbocycles. The van der Waals surface area contributed by atoms with Gasteiger partial charge in [0, 0.05) is 12.5 Å². The van der Waals surface area contributed by atoms with Crippen molar-refractivity contribution in [2.45, 2.75) is 58.4 Å². The quantitative estimate of drug-likeness (QED) is 0.824. The number of nitrogens with zero attached hydrogens (tertiary/aromatic N) is 2. The summed E-state index contributed by atoms with van der Waals surface area (Å²) in [4.78, 5) is 42.2. The molecule has 5 nitrogen and oxygen atoms in total. The zero-order valence-corrected chi connectivity index (χ0v) is 15.0. The molecule has 0 N–H and O–H groups in total. The van der Waals surface area contributed by atoms with Crippen LogP contribution in [0.15, 0.2) is 24.3 Å². The molecule has 2 aliphatic rings. The van der Waals surface area contributed by atoms with Crippen molar-refractivity contribution >= 4 is 23.4 Å². The third kappa shape index (κ3) is 3.08. The number of hydrogen-bond acceptors (Lipinski definition) is 3. The minimum Gasteiger partial charge on any atom is -0.327 e. The summed E-state index contributed by atoms with van der Waals surface area (Å²) >= 11 is 0. The lowest BCUT2D eigenvalue weighted by atomic mass is 9.96. The standard InChI is InChI=1S/C20H26N2O3/c1-3-5-9-14(4-2)18(23)22-16-11-7-6-10-15(16)19(24)21-13-8-12-17(21)20(22)25/h6-7,10-11,14,17H,3-5,8-9,12-13H2,1-2H3. The van der Waals surface area contributed by atoms with Crippen LogP contribution in [0.4, 0.5) is 5.69 Å². The first-order valence-electron chi connectivity index (χ1n) is 9.37.